The molecule has 0 fully saturated rings. The third kappa shape index (κ3) is 4.04. The maximum absolute atomic E-state index is 10.8. The van der Waals surface area contributed by atoms with Crippen LogP contribution in [-0.4, -0.2) is 22.6 Å². The van der Waals surface area contributed by atoms with E-state index in [1.165, 1.54) is 11.1 Å². The molecule has 0 radical (unpaired) electrons. The lowest BCUT2D eigenvalue weighted by molar-refractivity contribution is -0.110. The molecular weight excluding hydrogens is 326 g/mol. The zero-order valence-electron chi connectivity index (χ0n) is 15.5. The molecule has 1 amide bonds. The number of benzene rings is 2. The van der Waals surface area contributed by atoms with E-state index in [1.807, 2.05) is 25.1 Å². The lowest BCUT2D eigenvalue weighted by atomic mass is 10.1. The van der Waals surface area contributed by atoms with Crippen molar-refractivity contribution in [3.05, 3.63) is 59.4 Å². The quantitative estimate of drug-likeness (QED) is 0.494. The van der Waals surface area contributed by atoms with Crippen molar-refractivity contribution >= 4 is 17.4 Å². The minimum absolute atomic E-state index is 0.139. The monoisotopic (exact) mass is 351 g/mol. The van der Waals surface area contributed by atoms with E-state index in [4.69, 9.17) is 9.72 Å². The number of aromatic nitrogens is 2. The van der Waals surface area contributed by atoms with Crippen molar-refractivity contribution in [2.75, 3.05) is 6.61 Å². The highest BCUT2D eigenvalue weighted by molar-refractivity contribution is 5.76. The topological polar surface area (TPSA) is 56.1 Å². The minimum Gasteiger partial charge on any atom is -0.494 e. The molecule has 5 nitrogen and oxygen atoms in total. The first-order chi connectivity index (χ1) is 12.6. The van der Waals surface area contributed by atoms with Crippen molar-refractivity contribution < 1.29 is 9.53 Å². The van der Waals surface area contributed by atoms with Gasteiger partial charge in [-0.3, -0.25) is 4.79 Å². The second-order valence-electron chi connectivity index (χ2n) is 6.64. The summed E-state index contributed by atoms with van der Waals surface area (Å²) in [4.78, 5) is 15.5. The van der Waals surface area contributed by atoms with Gasteiger partial charge in [-0.2, -0.15) is 0 Å². The summed E-state index contributed by atoms with van der Waals surface area (Å²) < 4.78 is 8.09. The Kier molecular flexibility index (Phi) is 5.56. The maximum Gasteiger partial charge on any atom is 0.207 e. The van der Waals surface area contributed by atoms with Crippen LogP contribution in [0.5, 0.6) is 5.75 Å². The maximum atomic E-state index is 10.8. The van der Waals surface area contributed by atoms with Crippen LogP contribution in [-0.2, 0) is 11.3 Å². The summed E-state index contributed by atoms with van der Waals surface area (Å²) in [6, 6.07) is 14.2. The van der Waals surface area contributed by atoms with Crippen molar-refractivity contribution in [2.45, 2.75) is 39.8 Å². The number of fused-ring (bicyclic) bond motifs is 1. The number of hydrogen-bond acceptors (Lipinski definition) is 3. The molecule has 0 aliphatic heterocycles. The van der Waals surface area contributed by atoms with E-state index in [0.29, 0.717) is 6.61 Å². The Bertz CT molecular complexity index is 881. The fourth-order valence-electron chi connectivity index (χ4n) is 3.27. The highest BCUT2D eigenvalue weighted by Gasteiger charge is 2.15. The van der Waals surface area contributed by atoms with Gasteiger partial charge in [-0.05, 0) is 62.6 Å². The van der Waals surface area contributed by atoms with Crippen LogP contribution in [0.4, 0.5) is 0 Å². The first-order valence-electron chi connectivity index (χ1n) is 8.94. The van der Waals surface area contributed by atoms with Gasteiger partial charge in [0.05, 0.1) is 23.7 Å². The van der Waals surface area contributed by atoms with Crippen molar-refractivity contribution in [1.29, 1.82) is 0 Å². The van der Waals surface area contributed by atoms with Crippen LogP contribution in [0, 0.1) is 13.8 Å². The molecule has 0 spiro atoms. The number of aryl methyl sites for hydroxylation is 3. The molecule has 0 saturated carbocycles. The van der Waals surface area contributed by atoms with Crippen LogP contribution >= 0.6 is 0 Å². The molecule has 1 heterocycles. The number of para-hydroxylation sites is 2. The van der Waals surface area contributed by atoms with Crippen LogP contribution in [0.25, 0.3) is 11.0 Å². The Morgan fingerprint density at radius 3 is 2.65 bits per heavy atom. The molecule has 1 aromatic heterocycles. The molecule has 0 aliphatic carbocycles. The molecule has 0 bridgehead atoms. The number of nitrogens with zero attached hydrogens (tertiary/aromatic N) is 2. The van der Waals surface area contributed by atoms with E-state index in [-0.39, 0.29) is 6.04 Å². The molecule has 26 heavy (non-hydrogen) atoms. The Morgan fingerprint density at radius 2 is 1.92 bits per heavy atom. The summed E-state index contributed by atoms with van der Waals surface area (Å²) in [7, 11) is 0. The van der Waals surface area contributed by atoms with Crippen LogP contribution in [0.1, 0.15) is 36.3 Å². The van der Waals surface area contributed by atoms with Gasteiger partial charge in [-0.1, -0.05) is 18.2 Å². The SMILES string of the molecule is Cc1cc(C)cc(OCCCn2c(C(C)NC=O)nc3ccccc32)c1. The van der Waals surface area contributed by atoms with Gasteiger partial charge in [0.25, 0.3) is 0 Å². The molecule has 3 rings (SSSR count). The number of carbonyl (C=O) groups is 1. The predicted octanol–water partition coefficient (Wildman–Crippen LogP) is 3.93. The highest BCUT2D eigenvalue weighted by Crippen LogP contribution is 2.21. The Morgan fingerprint density at radius 1 is 1.19 bits per heavy atom. The molecule has 0 aliphatic rings. The third-order valence-electron chi connectivity index (χ3n) is 4.38. The summed E-state index contributed by atoms with van der Waals surface area (Å²) in [6.07, 6.45) is 1.58. The van der Waals surface area contributed by atoms with Crippen LogP contribution < -0.4 is 10.1 Å². The Hall–Kier alpha value is -2.82. The predicted molar refractivity (Wildman–Crippen MR) is 103 cm³/mol. The fraction of sp³-hybridized carbons (Fsp3) is 0.333. The zero-order chi connectivity index (χ0) is 18.5. The normalized spacial score (nSPS) is 12.1. The Balaban J connectivity index is 1.71. The first kappa shape index (κ1) is 18.0. The van der Waals surface area contributed by atoms with Crippen LogP contribution in [0.15, 0.2) is 42.5 Å². The molecule has 5 heteroatoms. The molecule has 1 unspecified atom stereocenters. The standard InChI is InChI=1S/C21H25N3O2/c1-15-11-16(2)13-18(12-15)26-10-6-9-24-20-8-5-4-7-19(20)23-21(24)17(3)22-14-25/h4-5,7-8,11-14,17H,6,9-10H2,1-3H3,(H,22,25). The van der Waals surface area contributed by atoms with E-state index in [2.05, 4.69) is 48.0 Å². The third-order valence-corrected chi connectivity index (χ3v) is 4.38. The second kappa shape index (κ2) is 8.04. The molecule has 0 saturated heterocycles. The van der Waals surface area contributed by atoms with E-state index in [1.54, 1.807) is 0 Å². The average molecular weight is 351 g/mol. The molecule has 1 N–H and O–H groups in total. The van der Waals surface area contributed by atoms with E-state index in [9.17, 15) is 4.79 Å². The van der Waals surface area contributed by atoms with Gasteiger partial charge in [0, 0.05) is 6.54 Å². The van der Waals surface area contributed by atoms with Gasteiger partial charge < -0.3 is 14.6 Å². The molecule has 2 aromatic carbocycles. The van der Waals surface area contributed by atoms with Gasteiger partial charge >= 0.3 is 0 Å². The number of hydrogen-bond donors (Lipinski definition) is 1. The summed E-state index contributed by atoms with van der Waals surface area (Å²) in [6.45, 7) is 7.50. The van der Waals surface area contributed by atoms with E-state index in [0.717, 1.165) is 42.0 Å². The van der Waals surface area contributed by atoms with Crippen molar-refractivity contribution in [3.63, 3.8) is 0 Å². The zero-order valence-corrected chi connectivity index (χ0v) is 15.5. The van der Waals surface area contributed by atoms with E-state index >= 15 is 0 Å². The van der Waals surface area contributed by atoms with Gasteiger partial charge in [-0.15, -0.1) is 0 Å². The number of carbonyl (C=O) groups excluding carboxylic acids is 1. The van der Waals surface area contributed by atoms with Gasteiger partial charge in [0.2, 0.25) is 6.41 Å². The summed E-state index contributed by atoms with van der Waals surface area (Å²) in [5, 5.41) is 2.80. The van der Waals surface area contributed by atoms with Crippen LogP contribution in [0.3, 0.4) is 0 Å². The van der Waals surface area contributed by atoms with Crippen LogP contribution in [0.2, 0.25) is 0 Å². The van der Waals surface area contributed by atoms with Gasteiger partial charge in [0.15, 0.2) is 0 Å². The summed E-state index contributed by atoms with van der Waals surface area (Å²) in [5.74, 6) is 1.78. The fourth-order valence-corrected chi connectivity index (χ4v) is 3.27. The Labute approximate surface area is 154 Å². The number of imidazole rings is 1. The average Bonchev–Trinajstić information content (AvgIpc) is 2.97. The van der Waals surface area contributed by atoms with Crippen molar-refractivity contribution in [3.8, 4) is 5.75 Å². The minimum atomic E-state index is -0.139. The molecule has 1 atom stereocenters. The first-order valence-corrected chi connectivity index (χ1v) is 8.94. The number of rotatable bonds is 8. The number of ether oxygens (including phenoxy) is 1. The smallest absolute Gasteiger partial charge is 0.207 e. The second-order valence-corrected chi connectivity index (χ2v) is 6.64. The van der Waals surface area contributed by atoms with Gasteiger partial charge in [-0.25, -0.2) is 4.98 Å². The largest absolute Gasteiger partial charge is 0.494 e. The number of amides is 1. The molecule has 136 valence electrons. The highest BCUT2D eigenvalue weighted by atomic mass is 16.5. The van der Waals surface area contributed by atoms with E-state index < -0.39 is 0 Å². The van der Waals surface area contributed by atoms with Crippen molar-refractivity contribution in [1.82, 2.24) is 14.9 Å². The lowest BCUT2D eigenvalue weighted by Crippen LogP contribution is -2.21. The summed E-state index contributed by atoms with van der Waals surface area (Å²) >= 11 is 0. The van der Waals surface area contributed by atoms with Crippen molar-refractivity contribution in [2.24, 2.45) is 0 Å². The lowest BCUT2D eigenvalue weighted by Gasteiger charge is -2.14. The molecular formula is C21H25N3O2. The summed E-state index contributed by atoms with van der Waals surface area (Å²) in [5.41, 5.74) is 4.43. The van der Waals surface area contributed by atoms with Gasteiger partial charge in [0.1, 0.15) is 11.6 Å². The molecule has 3 aromatic rings. The number of nitrogens with one attached hydrogen (secondary N) is 1.